The van der Waals surface area contributed by atoms with Crippen LogP contribution in [0.4, 0.5) is 0 Å². The maximum Gasteiger partial charge on any atom is 0.231 e. The lowest BCUT2D eigenvalue weighted by atomic mass is 9.91. The van der Waals surface area contributed by atoms with Crippen LogP contribution >= 0.6 is 0 Å². The summed E-state index contributed by atoms with van der Waals surface area (Å²) in [6.45, 7) is 8.30. The van der Waals surface area contributed by atoms with Crippen LogP contribution in [0.2, 0.25) is 0 Å². The summed E-state index contributed by atoms with van der Waals surface area (Å²) in [5.74, 6) is 2.32. The van der Waals surface area contributed by atoms with E-state index in [2.05, 4.69) is 32.9 Å². The molecule has 1 fully saturated rings. The summed E-state index contributed by atoms with van der Waals surface area (Å²) in [6.07, 6.45) is 1.64. The molecule has 1 aromatic carbocycles. The highest BCUT2D eigenvalue weighted by atomic mass is 16.7. The van der Waals surface area contributed by atoms with Crippen molar-refractivity contribution in [2.45, 2.75) is 39.5 Å². The smallest absolute Gasteiger partial charge is 0.231 e. The number of hydrogen-bond donors (Lipinski definition) is 0. The molecule has 2 aliphatic heterocycles. The van der Waals surface area contributed by atoms with Crippen LogP contribution in [0.5, 0.6) is 11.5 Å². The van der Waals surface area contributed by atoms with Gasteiger partial charge in [-0.25, -0.2) is 0 Å². The van der Waals surface area contributed by atoms with Gasteiger partial charge in [0.15, 0.2) is 11.5 Å². The van der Waals surface area contributed by atoms with Crippen LogP contribution in [0.3, 0.4) is 0 Å². The second-order valence-corrected chi connectivity index (χ2v) is 7.18. The zero-order chi connectivity index (χ0) is 15.0. The van der Waals surface area contributed by atoms with Gasteiger partial charge in [0.1, 0.15) is 0 Å². The maximum absolute atomic E-state index is 12.3. The number of carbonyl (C=O) groups excluding carboxylic acids is 1. The highest BCUT2D eigenvalue weighted by molar-refractivity contribution is 5.77. The van der Waals surface area contributed by atoms with Crippen molar-refractivity contribution in [3.05, 3.63) is 23.8 Å². The fourth-order valence-electron chi connectivity index (χ4n) is 2.99. The van der Waals surface area contributed by atoms with Crippen molar-refractivity contribution in [3.63, 3.8) is 0 Å². The first-order valence-corrected chi connectivity index (χ1v) is 7.60. The molecule has 2 aliphatic rings. The van der Waals surface area contributed by atoms with E-state index in [-0.39, 0.29) is 11.3 Å². The molecule has 1 unspecified atom stereocenters. The third-order valence-electron chi connectivity index (χ3n) is 4.09. The van der Waals surface area contributed by atoms with Crippen molar-refractivity contribution >= 4 is 5.91 Å². The van der Waals surface area contributed by atoms with Crippen LogP contribution in [0, 0.1) is 5.41 Å². The minimum atomic E-state index is 0.0495. The zero-order valence-electron chi connectivity index (χ0n) is 13.0. The average molecular weight is 289 g/mol. The van der Waals surface area contributed by atoms with Crippen molar-refractivity contribution in [1.29, 1.82) is 0 Å². The average Bonchev–Trinajstić information content (AvgIpc) is 3.05. The van der Waals surface area contributed by atoms with Crippen LogP contribution in [0.25, 0.3) is 0 Å². The van der Waals surface area contributed by atoms with Gasteiger partial charge in [-0.3, -0.25) is 4.79 Å². The fraction of sp³-hybridized carbons (Fsp3) is 0.588. The Morgan fingerprint density at radius 2 is 2.05 bits per heavy atom. The van der Waals surface area contributed by atoms with Crippen LogP contribution in [-0.2, 0) is 4.79 Å². The molecule has 0 aromatic heterocycles. The predicted octanol–water partition coefficient (Wildman–Crippen LogP) is 3.17. The molecule has 0 bridgehead atoms. The predicted molar refractivity (Wildman–Crippen MR) is 80.6 cm³/mol. The second kappa shape index (κ2) is 5.24. The van der Waals surface area contributed by atoms with Gasteiger partial charge < -0.3 is 14.4 Å². The highest BCUT2D eigenvalue weighted by Crippen LogP contribution is 2.37. The van der Waals surface area contributed by atoms with Crippen molar-refractivity contribution in [1.82, 2.24) is 4.90 Å². The van der Waals surface area contributed by atoms with Gasteiger partial charge in [0.25, 0.3) is 0 Å². The standard InChI is InChI=1S/C17H23NO3/c1-17(2,3)9-16(19)18-7-6-13(10-18)12-4-5-14-15(8-12)21-11-20-14/h4-5,8,13H,6-7,9-11H2,1-3H3. The molecule has 114 valence electrons. The summed E-state index contributed by atoms with van der Waals surface area (Å²) in [4.78, 5) is 14.3. The van der Waals surface area contributed by atoms with E-state index in [9.17, 15) is 4.79 Å². The van der Waals surface area contributed by atoms with Gasteiger partial charge >= 0.3 is 0 Å². The number of rotatable bonds is 2. The molecule has 1 atom stereocenters. The quantitative estimate of drug-likeness (QED) is 0.839. The summed E-state index contributed by atoms with van der Waals surface area (Å²) in [5, 5.41) is 0. The van der Waals surface area contributed by atoms with Crippen LogP contribution in [-0.4, -0.2) is 30.7 Å². The Bertz CT molecular complexity index is 547. The van der Waals surface area contributed by atoms with Gasteiger partial charge in [-0.2, -0.15) is 0 Å². The van der Waals surface area contributed by atoms with Crippen molar-refractivity contribution < 1.29 is 14.3 Å². The number of nitrogens with zero attached hydrogens (tertiary/aromatic N) is 1. The molecule has 4 nitrogen and oxygen atoms in total. The lowest BCUT2D eigenvalue weighted by Gasteiger charge is -2.23. The van der Waals surface area contributed by atoms with E-state index in [0.29, 0.717) is 19.1 Å². The number of amides is 1. The largest absolute Gasteiger partial charge is 0.454 e. The number of benzene rings is 1. The Morgan fingerprint density at radius 3 is 2.81 bits per heavy atom. The Morgan fingerprint density at radius 1 is 1.29 bits per heavy atom. The summed E-state index contributed by atoms with van der Waals surface area (Å²) in [6, 6.07) is 6.12. The Labute approximate surface area is 126 Å². The number of likely N-dealkylation sites (tertiary alicyclic amines) is 1. The van der Waals surface area contributed by atoms with Gasteiger partial charge in [0.2, 0.25) is 12.7 Å². The lowest BCUT2D eigenvalue weighted by Crippen LogP contribution is -2.31. The van der Waals surface area contributed by atoms with Crippen molar-refractivity contribution in [2.75, 3.05) is 19.9 Å². The first kappa shape index (κ1) is 14.2. The SMILES string of the molecule is CC(C)(C)CC(=O)N1CCC(c2ccc3c(c2)OCO3)C1. The van der Waals surface area contributed by atoms with Gasteiger partial charge in [0, 0.05) is 25.4 Å². The molecular formula is C17H23NO3. The van der Waals surface area contributed by atoms with E-state index >= 15 is 0 Å². The normalized spacial score (nSPS) is 20.9. The Balaban J connectivity index is 1.66. The number of carbonyl (C=O) groups is 1. The van der Waals surface area contributed by atoms with Crippen molar-refractivity contribution in [2.24, 2.45) is 5.41 Å². The minimum Gasteiger partial charge on any atom is -0.454 e. The fourth-order valence-corrected chi connectivity index (χ4v) is 2.99. The van der Waals surface area contributed by atoms with Crippen LogP contribution in [0.15, 0.2) is 18.2 Å². The number of fused-ring (bicyclic) bond motifs is 1. The monoisotopic (exact) mass is 289 g/mol. The van der Waals surface area contributed by atoms with Gasteiger partial charge in [-0.1, -0.05) is 26.8 Å². The zero-order valence-corrected chi connectivity index (χ0v) is 13.0. The maximum atomic E-state index is 12.3. The molecule has 0 aliphatic carbocycles. The molecule has 0 N–H and O–H groups in total. The van der Waals surface area contributed by atoms with E-state index in [0.717, 1.165) is 31.0 Å². The Kier molecular flexibility index (Phi) is 3.56. The molecule has 0 saturated carbocycles. The Hall–Kier alpha value is -1.71. The van der Waals surface area contributed by atoms with E-state index in [1.54, 1.807) is 0 Å². The summed E-state index contributed by atoms with van der Waals surface area (Å²) >= 11 is 0. The third-order valence-corrected chi connectivity index (χ3v) is 4.09. The van der Waals surface area contributed by atoms with Crippen molar-refractivity contribution in [3.8, 4) is 11.5 Å². The van der Waals surface area contributed by atoms with Gasteiger partial charge in [-0.05, 0) is 29.5 Å². The number of ether oxygens (including phenoxy) is 2. The summed E-state index contributed by atoms with van der Waals surface area (Å²) < 4.78 is 10.8. The van der Waals surface area contributed by atoms with E-state index in [1.165, 1.54) is 5.56 Å². The molecule has 1 aromatic rings. The molecule has 0 radical (unpaired) electrons. The highest BCUT2D eigenvalue weighted by Gasteiger charge is 2.30. The van der Waals surface area contributed by atoms with Crippen LogP contribution < -0.4 is 9.47 Å². The van der Waals surface area contributed by atoms with E-state index < -0.39 is 0 Å². The molecule has 3 rings (SSSR count). The van der Waals surface area contributed by atoms with Gasteiger partial charge in [-0.15, -0.1) is 0 Å². The second-order valence-electron chi connectivity index (χ2n) is 7.18. The molecule has 1 saturated heterocycles. The first-order chi connectivity index (χ1) is 9.92. The first-order valence-electron chi connectivity index (χ1n) is 7.60. The van der Waals surface area contributed by atoms with E-state index in [1.807, 2.05) is 11.0 Å². The molecule has 1 amide bonds. The molecule has 4 heteroatoms. The lowest BCUT2D eigenvalue weighted by molar-refractivity contribution is -0.132. The van der Waals surface area contributed by atoms with Crippen LogP contribution in [0.1, 0.15) is 45.1 Å². The molecule has 21 heavy (non-hydrogen) atoms. The van der Waals surface area contributed by atoms with Gasteiger partial charge in [0.05, 0.1) is 0 Å². The molecule has 0 spiro atoms. The number of hydrogen-bond acceptors (Lipinski definition) is 3. The summed E-state index contributed by atoms with van der Waals surface area (Å²) in [7, 11) is 0. The third kappa shape index (κ3) is 3.14. The van der Waals surface area contributed by atoms with E-state index in [4.69, 9.17) is 9.47 Å². The molecule has 2 heterocycles. The molecular weight excluding hydrogens is 266 g/mol. The summed E-state index contributed by atoms with van der Waals surface area (Å²) in [5.41, 5.74) is 1.29. The minimum absolute atomic E-state index is 0.0495. The topological polar surface area (TPSA) is 38.8 Å².